The van der Waals surface area contributed by atoms with Crippen molar-refractivity contribution in [3.05, 3.63) is 11.6 Å². The summed E-state index contributed by atoms with van der Waals surface area (Å²) in [6.45, 7) is 5.82. The number of aromatic hydroxyl groups is 4. The molecule has 1 rings (SSSR count). The van der Waals surface area contributed by atoms with Crippen LogP contribution in [0, 0.1) is 5.41 Å². The highest BCUT2D eigenvalue weighted by Gasteiger charge is 2.21. The van der Waals surface area contributed by atoms with Gasteiger partial charge >= 0.3 is 0 Å². The Balaban J connectivity index is 3.24. The molecule has 4 heteroatoms. The molecule has 0 aliphatic rings. The molecule has 0 unspecified atom stereocenters. The summed E-state index contributed by atoms with van der Waals surface area (Å²) in [7, 11) is 0. The van der Waals surface area contributed by atoms with Crippen molar-refractivity contribution in [2.24, 2.45) is 5.41 Å². The molecule has 0 saturated heterocycles. The minimum Gasteiger partial charge on any atom is -0.507 e. The van der Waals surface area contributed by atoms with Crippen LogP contribution in [0.4, 0.5) is 0 Å². The molecule has 84 valence electrons. The standard InChI is InChI=1S/C11H16O4/c1-11(2,3)5-6-7(12)4-8(13)10(15)9(6)14/h4,12-15H,5H2,1-3H3. The van der Waals surface area contributed by atoms with E-state index in [1.165, 1.54) is 0 Å². The van der Waals surface area contributed by atoms with E-state index in [-0.39, 0.29) is 16.7 Å². The van der Waals surface area contributed by atoms with E-state index in [4.69, 9.17) is 5.11 Å². The lowest BCUT2D eigenvalue weighted by Gasteiger charge is -2.20. The molecule has 15 heavy (non-hydrogen) atoms. The van der Waals surface area contributed by atoms with Crippen molar-refractivity contribution in [3.8, 4) is 23.0 Å². The average molecular weight is 212 g/mol. The molecule has 0 spiro atoms. The summed E-state index contributed by atoms with van der Waals surface area (Å²) in [5.41, 5.74) is 0.107. The van der Waals surface area contributed by atoms with Crippen LogP contribution in [0.2, 0.25) is 0 Å². The Morgan fingerprint density at radius 1 is 0.933 bits per heavy atom. The summed E-state index contributed by atoms with van der Waals surface area (Å²) in [5.74, 6) is -1.78. The second-order valence-electron chi connectivity index (χ2n) is 4.83. The van der Waals surface area contributed by atoms with Crippen LogP contribution < -0.4 is 0 Å². The lowest BCUT2D eigenvalue weighted by Crippen LogP contribution is -2.09. The van der Waals surface area contributed by atoms with Crippen molar-refractivity contribution >= 4 is 0 Å². The topological polar surface area (TPSA) is 80.9 Å². The summed E-state index contributed by atoms with van der Waals surface area (Å²) in [6, 6.07) is 1.02. The van der Waals surface area contributed by atoms with E-state index < -0.39 is 17.2 Å². The van der Waals surface area contributed by atoms with Crippen LogP contribution >= 0.6 is 0 Å². The van der Waals surface area contributed by atoms with Gasteiger partial charge in [0.15, 0.2) is 11.5 Å². The summed E-state index contributed by atoms with van der Waals surface area (Å²) >= 11 is 0. The molecule has 4 N–H and O–H groups in total. The van der Waals surface area contributed by atoms with Crippen LogP contribution in [0.15, 0.2) is 6.07 Å². The van der Waals surface area contributed by atoms with Gasteiger partial charge in [-0.25, -0.2) is 0 Å². The average Bonchev–Trinajstić information content (AvgIpc) is 2.07. The van der Waals surface area contributed by atoms with Gasteiger partial charge in [-0.2, -0.15) is 0 Å². The van der Waals surface area contributed by atoms with E-state index >= 15 is 0 Å². The molecule has 0 atom stereocenters. The predicted octanol–water partition coefficient (Wildman–Crippen LogP) is 2.10. The number of phenols is 4. The Bertz CT molecular complexity index is 377. The van der Waals surface area contributed by atoms with Gasteiger partial charge in [-0.15, -0.1) is 0 Å². The molecule has 0 amide bonds. The summed E-state index contributed by atoms with van der Waals surface area (Å²) in [4.78, 5) is 0. The van der Waals surface area contributed by atoms with Gasteiger partial charge in [0.2, 0.25) is 5.75 Å². The van der Waals surface area contributed by atoms with E-state index in [0.717, 1.165) is 6.07 Å². The van der Waals surface area contributed by atoms with Crippen LogP contribution in [0.5, 0.6) is 23.0 Å². The lowest BCUT2D eigenvalue weighted by atomic mass is 9.87. The molecule has 0 saturated carbocycles. The van der Waals surface area contributed by atoms with Gasteiger partial charge in [0.1, 0.15) is 5.75 Å². The number of phenolic OH excluding ortho intramolecular Hbond substituents is 4. The van der Waals surface area contributed by atoms with Gasteiger partial charge in [0.25, 0.3) is 0 Å². The fourth-order valence-corrected chi connectivity index (χ4v) is 1.38. The van der Waals surface area contributed by atoms with Crippen molar-refractivity contribution in [1.82, 2.24) is 0 Å². The van der Waals surface area contributed by atoms with Crippen LogP contribution in [0.3, 0.4) is 0 Å². The van der Waals surface area contributed by atoms with Crippen LogP contribution in [-0.2, 0) is 6.42 Å². The third kappa shape index (κ3) is 2.46. The fraction of sp³-hybridized carbons (Fsp3) is 0.455. The highest BCUT2D eigenvalue weighted by atomic mass is 16.3. The molecule has 0 aliphatic heterocycles. The summed E-state index contributed by atoms with van der Waals surface area (Å²) < 4.78 is 0. The van der Waals surface area contributed by atoms with E-state index in [9.17, 15) is 15.3 Å². The van der Waals surface area contributed by atoms with Gasteiger partial charge in [0.05, 0.1) is 0 Å². The first-order valence-electron chi connectivity index (χ1n) is 4.68. The molecule has 0 fully saturated rings. The quantitative estimate of drug-likeness (QED) is 0.424. The first kappa shape index (κ1) is 11.5. The second-order valence-corrected chi connectivity index (χ2v) is 4.83. The Labute approximate surface area is 88.4 Å². The SMILES string of the molecule is CC(C)(C)Cc1c(O)cc(O)c(O)c1O. The van der Waals surface area contributed by atoms with Gasteiger partial charge in [-0.3, -0.25) is 0 Å². The number of hydrogen-bond acceptors (Lipinski definition) is 4. The van der Waals surface area contributed by atoms with Crippen molar-refractivity contribution in [2.75, 3.05) is 0 Å². The minimum absolute atomic E-state index is 0.141. The van der Waals surface area contributed by atoms with Gasteiger partial charge in [-0.1, -0.05) is 20.8 Å². The number of benzene rings is 1. The third-order valence-corrected chi connectivity index (χ3v) is 2.04. The lowest BCUT2D eigenvalue weighted by molar-refractivity contribution is 0.341. The van der Waals surface area contributed by atoms with Crippen LogP contribution in [0.25, 0.3) is 0 Å². The molecule has 4 nitrogen and oxygen atoms in total. The zero-order valence-corrected chi connectivity index (χ0v) is 9.07. The van der Waals surface area contributed by atoms with E-state index in [2.05, 4.69) is 0 Å². The normalized spacial score (nSPS) is 11.7. The zero-order chi connectivity index (χ0) is 11.8. The van der Waals surface area contributed by atoms with Gasteiger partial charge in [-0.05, 0) is 11.8 Å². The highest BCUT2D eigenvalue weighted by Crippen LogP contribution is 2.44. The van der Waals surface area contributed by atoms with Crippen LogP contribution in [0.1, 0.15) is 26.3 Å². The van der Waals surface area contributed by atoms with Crippen molar-refractivity contribution in [3.63, 3.8) is 0 Å². The van der Waals surface area contributed by atoms with Gasteiger partial charge < -0.3 is 20.4 Å². The van der Waals surface area contributed by atoms with Crippen LogP contribution in [-0.4, -0.2) is 20.4 Å². The Kier molecular flexibility index (Phi) is 2.71. The Hall–Kier alpha value is -1.58. The smallest absolute Gasteiger partial charge is 0.200 e. The largest absolute Gasteiger partial charge is 0.507 e. The van der Waals surface area contributed by atoms with E-state index in [1.807, 2.05) is 20.8 Å². The molecule has 0 radical (unpaired) electrons. The molecule has 0 bridgehead atoms. The van der Waals surface area contributed by atoms with Crippen molar-refractivity contribution < 1.29 is 20.4 Å². The Morgan fingerprint density at radius 3 is 1.93 bits per heavy atom. The highest BCUT2D eigenvalue weighted by molar-refractivity contribution is 5.59. The summed E-state index contributed by atoms with van der Waals surface area (Å²) in [5, 5.41) is 37.5. The zero-order valence-electron chi connectivity index (χ0n) is 9.07. The first-order valence-corrected chi connectivity index (χ1v) is 4.68. The molecule has 0 aliphatic carbocycles. The molecular weight excluding hydrogens is 196 g/mol. The third-order valence-electron chi connectivity index (χ3n) is 2.04. The monoisotopic (exact) mass is 212 g/mol. The van der Waals surface area contributed by atoms with E-state index in [0.29, 0.717) is 6.42 Å². The molecular formula is C11H16O4. The summed E-state index contributed by atoms with van der Waals surface area (Å²) in [6.07, 6.45) is 0.401. The fourth-order valence-electron chi connectivity index (χ4n) is 1.38. The molecule has 1 aromatic rings. The van der Waals surface area contributed by atoms with Crippen molar-refractivity contribution in [2.45, 2.75) is 27.2 Å². The Morgan fingerprint density at radius 2 is 1.47 bits per heavy atom. The van der Waals surface area contributed by atoms with E-state index in [1.54, 1.807) is 0 Å². The maximum atomic E-state index is 9.55. The first-order chi connectivity index (χ1) is 6.72. The predicted molar refractivity (Wildman–Crippen MR) is 56.3 cm³/mol. The molecule has 0 heterocycles. The van der Waals surface area contributed by atoms with Gasteiger partial charge in [0, 0.05) is 11.6 Å². The maximum Gasteiger partial charge on any atom is 0.200 e. The van der Waals surface area contributed by atoms with Crippen molar-refractivity contribution in [1.29, 1.82) is 0 Å². The number of rotatable bonds is 1. The molecule has 0 aromatic heterocycles. The second kappa shape index (κ2) is 3.53. The molecule has 1 aromatic carbocycles. The maximum absolute atomic E-state index is 9.55. The minimum atomic E-state index is -0.591. The number of hydrogen-bond donors (Lipinski definition) is 4.